The van der Waals surface area contributed by atoms with E-state index in [1.807, 2.05) is 6.07 Å². The topological polar surface area (TPSA) is 80.5 Å². The van der Waals surface area contributed by atoms with Crippen molar-refractivity contribution in [3.8, 4) is 0 Å². The molecular formula is C17H17Cl2N5O2. The molecule has 0 radical (unpaired) electrons. The summed E-state index contributed by atoms with van der Waals surface area (Å²) in [6, 6.07) is 9.01. The van der Waals surface area contributed by atoms with Gasteiger partial charge in [-0.3, -0.25) is 4.79 Å². The number of carbonyl (C=O) groups is 1. The Kier molecular flexibility index (Phi) is 5.92. The van der Waals surface area contributed by atoms with Crippen LogP contribution in [-0.2, 0) is 11.3 Å². The van der Waals surface area contributed by atoms with Gasteiger partial charge < -0.3 is 15.4 Å². The number of halogens is 2. The van der Waals surface area contributed by atoms with Crippen LogP contribution in [0.4, 0.5) is 5.82 Å². The van der Waals surface area contributed by atoms with Gasteiger partial charge in [0, 0.05) is 20.2 Å². The van der Waals surface area contributed by atoms with Gasteiger partial charge >= 0.3 is 0 Å². The van der Waals surface area contributed by atoms with Crippen LogP contribution in [-0.4, -0.2) is 40.8 Å². The highest BCUT2D eigenvalue weighted by Crippen LogP contribution is 2.23. The molecule has 0 aliphatic rings. The van der Waals surface area contributed by atoms with E-state index in [4.69, 9.17) is 27.9 Å². The summed E-state index contributed by atoms with van der Waals surface area (Å²) in [5, 5.41) is 11.4. The number of imidazole rings is 1. The van der Waals surface area contributed by atoms with Gasteiger partial charge in [0.25, 0.3) is 5.91 Å². The summed E-state index contributed by atoms with van der Waals surface area (Å²) in [5.41, 5.74) is 1.90. The molecule has 1 amide bonds. The average molecular weight is 394 g/mol. The Hall–Kier alpha value is -2.35. The number of amides is 1. The smallest absolute Gasteiger partial charge is 0.271 e. The monoisotopic (exact) mass is 393 g/mol. The number of fused-ring (bicyclic) bond motifs is 1. The molecule has 9 heteroatoms. The van der Waals surface area contributed by atoms with Crippen LogP contribution in [0.5, 0.6) is 0 Å². The van der Waals surface area contributed by atoms with Crippen molar-refractivity contribution >= 4 is 40.6 Å². The molecule has 2 heterocycles. The molecule has 3 rings (SSSR count). The molecule has 3 aromatic rings. The van der Waals surface area contributed by atoms with Crippen molar-refractivity contribution < 1.29 is 9.53 Å². The standard InChI is InChI=1S/C17H17Cl2N5O2/c1-26-7-6-20-17(25)14-10-22-16-5-4-15(23-24(14)16)21-9-11-2-3-12(18)13(19)8-11/h2-5,8,10H,6-7,9H2,1H3,(H,20,25)(H,21,23). The van der Waals surface area contributed by atoms with Crippen LogP contribution >= 0.6 is 23.2 Å². The number of aromatic nitrogens is 3. The van der Waals surface area contributed by atoms with Gasteiger partial charge in [0.1, 0.15) is 5.82 Å². The van der Waals surface area contributed by atoms with E-state index in [0.717, 1.165) is 5.56 Å². The van der Waals surface area contributed by atoms with Crippen LogP contribution in [0.25, 0.3) is 5.65 Å². The van der Waals surface area contributed by atoms with E-state index >= 15 is 0 Å². The van der Waals surface area contributed by atoms with E-state index in [2.05, 4.69) is 20.7 Å². The van der Waals surface area contributed by atoms with Gasteiger partial charge in [0.15, 0.2) is 11.3 Å². The molecule has 0 atom stereocenters. The molecule has 0 spiro atoms. The van der Waals surface area contributed by atoms with Gasteiger partial charge in [-0.15, -0.1) is 5.10 Å². The number of nitrogens with one attached hydrogen (secondary N) is 2. The highest BCUT2D eigenvalue weighted by molar-refractivity contribution is 6.42. The molecule has 0 saturated heterocycles. The fraction of sp³-hybridized carbons (Fsp3) is 0.235. The van der Waals surface area contributed by atoms with Crippen molar-refractivity contribution in [1.29, 1.82) is 0 Å². The summed E-state index contributed by atoms with van der Waals surface area (Å²) in [7, 11) is 1.58. The molecule has 7 nitrogen and oxygen atoms in total. The lowest BCUT2D eigenvalue weighted by molar-refractivity contribution is 0.0930. The molecule has 0 aliphatic heterocycles. The van der Waals surface area contributed by atoms with Gasteiger partial charge in [-0.2, -0.15) is 0 Å². The van der Waals surface area contributed by atoms with E-state index in [1.54, 1.807) is 31.4 Å². The minimum absolute atomic E-state index is 0.260. The summed E-state index contributed by atoms with van der Waals surface area (Å²) < 4.78 is 6.42. The molecule has 0 unspecified atom stereocenters. The van der Waals surface area contributed by atoms with Crippen molar-refractivity contribution in [3.05, 3.63) is 57.8 Å². The van der Waals surface area contributed by atoms with Crippen LogP contribution in [0.15, 0.2) is 36.5 Å². The summed E-state index contributed by atoms with van der Waals surface area (Å²) in [6.45, 7) is 1.36. The fourth-order valence-electron chi connectivity index (χ4n) is 2.32. The van der Waals surface area contributed by atoms with Gasteiger partial charge in [0.05, 0.1) is 22.8 Å². The maximum atomic E-state index is 12.2. The van der Waals surface area contributed by atoms with Gasteiger partial charge in [-0.1, -0.05) is 29.3 Å². The molecule has 0 aliphatic carbocycles. The van der Waals surface area contributed by atoms with E-state index in [9.17, 15) is 4.79 Å². The fourth-order valence-corrected chi connectivity index (χ4v) is 2.64. The highest BCUT2D eigenvalue weighted by atomic mass is 35.5. The Morgan fingerprint density at radius 3 is 2.85 bits per heavy atom. The van der Waals surface area contributed by atoms with Gasteiger partial charge in [0.2, 0.25) is 0 Å². The molecule has 1 aromatic carbocycles. The Morgan fingerprint density at radius 2 is 2.08 bits per heavy atom. The van der Waals surface area contributed by atoms with Crippen molar-refractivity contribution in [3.63, 3.8) is 0 Å². The lowest BCUT2D eigenvalue weighted by Gasteiger charge is -2.08. The molecule has 2 aromatic heterocycles. The first kappa shape index (κ1) is 18.4. The van der Waals surface area contributed by atoms with E-state index in [0.29, 0.717) is 46.9 Å². The lowest BCUT2D eigenvalue weighted by atomic mass is 10.2. The van der Waals surface area contributed by atoms with Crippen LogP contribution in [0.1, 0.15) is 16.1 Å². The third-order valence-corrected chi connectivity index (χ3v) is 4.38. The normalized spacial score (nSPS) is 10.9. The third-order valence-electron chi connectivity index (χ3n) is 3.64. The Morgan fingerprint density at radius 1 is 1.23 bits per heavy atom. The first-order chi connectivity index (χ1) is 12.6. The average Bonchev–Trinajstić information content (AvgIpc) is 3.06. The second kappa shape index (κ2) is 8.35. The summed E-state index contributed by atoms with van der Waals surface area (Å²) in [4.78, 5) is 16.4. The second-order valence-corrected chi connectivity index (χ2v) is 6.30. The van der Waals surface area contributed by atoms with Gasteiger partial charge in [-0.25, -0.2) is 9.50 Å². The number of carbonyl (C=O) groups excluding carboxylic acids is 1. The number of ether oxygens (including phenoxy) is 1. The Bertz CT molecular complexity index is 929. The molecule has 0 fully saturated rings. The number of hydrogen-bond acceptors (Lipinski definition) is 5. The minimum atomic E-state index is -0.260. The van der Waals surface area contributed by atoms with Crippen LogP contribution in [0.2, 0.25) is 10.0 Å². The maximum Gasteiger partial charge on any atom is 0.271 e. The van der Waals surface area contributed by atoms with Crippen molar-refractivity contribution in [1.82, 2.24) is 19.9 Å². The Labute approximate surface area is 160 Å². The minimum Gasteiger partial charge on any atom is -0.383 e. The summed E-state index contributed by atoms with van der Waals surface area (Å²) >= 11 is 11.9. The van der Waals surface area contributed by atoms with Crippen molar-refractivity contribution in [2.24, 2.45) is 0 Å². The number of hydrogen-bond donors (Lipinski definition) is 2. The zero-order valence-corrected chi connectivity index (χ0v) is 15.5. The quantitative estimate of drug-likeness (QED) is 0.603. The van der Waals surface area contributed by atoms with Crippen LogP contribution in [0, 0.1) is 0 Å². The molecule has 2 N–H and O–H groups in total. The largest absolute Gasteiger partial charge is 0.383 e. The predicted octanol–water partition coefficient (Wildman–Crippen LogP) is 3.02. The second-order valence-electron chi connectivity index (χ2n) is 5.48. The molecule has 136 valence electrons. The van der Waals surface area contributed by atoms with Crippen molar-refractivity contribution in [2.75, 3.05) is 25.6 Å². The van der Waals surface area contributed by atoms with E-state index < -0.39 is 0 Å². The highest BCUT2D eigenvalue weighted by Gasteiger charge is 2.13. The summed E-state index contributed by atoms with van der Waals surface area (Å²) in [5.74, 6) is 0.344. The first-order valence-corrected chi connectivity index (χ1v) is 8.64. The molecule has 0 saturated carbocycles. The van der Waals surface area contributed by atoms with Gasteiger partial charge in [-0.05, 0) is 29.8 Å². The number of nitrogens with zero attached hydrogens (tertiary/aromatic N) is 3. The number of benzene rings is 1. The zero-order valence-electron chi connectivity index (χ0n) is 14.0. The third kappa shape index (κ3) is 4.24. The van der Waals surface area contributed by atoms with Crippen LogP contribution < -0.4 is 10.6 Å². The predicted molar refractivity (Wildman–Crippen MR) is 101 cm³/mol. The number of methoxy groups -OCH3 is 1. The van der Waals surface area contributed by atoms with E-state index in [1.165, 1.54) is 10.7 Å². The van der Waals surface area contributed by atoms with E-state index in [-0.39, 0.29) is 5.91 Å². The van der Waals surface area contributed by atoms with Crippen molar-refractivity contribution in [2.45, 2.75) is 6.54 Å². The molecule has 26 heavy (non-hydrogen) atoms. The SMILES string of the molecule is COCCNC(=O)c1cnc2ccc(NCc3ccc(Cl)c(Cl)c3)nn12. The molecule has 0 bridgehead atoms. The number of anilines is 1. The lowest BCUT2D eigenvalue weighted by Crippen LogP contribution is -2.28. The number of rotatable bonds is 7. The zero-order chi connectivity index (χ0) is 18.5. The first-order valence-electron chi connectivity index (χ1n) is 7.88. The maximum absolute atomic E-state index is 12.2. The molecular weight excluding hydrogens is 377 g/mol. The summed E-state index contributed by atoms with van der Waals surface area (Å²) in [6.07, 6.45) is 1.49. The van der Waals surface area contributed by atoms with Crippen LogP contribution in [0.3, 0.4) is 0 Å². The Balaban J connectivity index is 1.74.